The van der Waals surface area contributed by atoms with Gasteiger partial charge in [0.05, 0.1) is 13.7 Å². The number of nitrogens with one attached hydrogen (secondary N) is 2. The highest BCUT2D eigenvalue weighted by Gasteiger charge is 2.47. The maximum atomic E-state index is 12.8. The Balaban J connectivity index is 1.61. The molecule has 1 aliphatic carbocycles. The van der Waals surface area contributed by atoms with E-state index < -0.39 is 12.1 Å². The Kier molecular flexibility index (Phi) is 5.98. The number of esters is 1. The van der Waals surface area contributed by atoms with Crippen LogP contribution in [0.3, 0.4) is 0 Å². The van der Waals surface area contributed by atoms with Crippen molar-refractivity contribution in [3.63, 3.8) is 0 Å². The number of rotatable bonds is 4. The first-order valence-electron chi connectivity index (χ1n) is 9.50. The van der Waals surface area contributed by atoms with E-state index in [0.717, 1.165) is 31.2 Å². The number of ether oxygens (including phenoxy) is 1. The highest BCUT2D eigenvalue weighted by atomic mass is 16.5. The first kappa shape index (κ1) is 19.2. The van der Waals surface area contributed by atoms with Gasteiger partial charge in [-0.1, -0.05) is 25.0 Å². The fourth-order valence-corrected chi connectivity index (χ4v) is 4.31. The van der Waals surface area contributed by atoms with Crippen molar-refractivity contribution >= 4 is 23.6 Å². The highest BCUT2D eigenvalue weighted by molar-refractivity contribution is 5.93. The largest absolute Gasteiger partial charge is 0.467 e. The molecule has 2 aliphatic rings. The molecular weight excluding hydrogens is 346 g/mol. The summed E-state index contributed by atoms with van der Waals surface area (Å²) in [6.45, 7) is 1.79. The zero-order valence-electron chi connectivity index (χ0n) is 15.9. The van der Waals surface area contributed by atoms with Crippen LogP contribution in [-0.4, -0.2) is 48.5 Å². The van der Waals surface area contributed by atoms with E-state index in [1.165, 1.54) is 7.11 Å². The second-order valence-electron chi connectivity index (χ2n) is 7.36. The molecule has 0 unspecified atom stereocenters. The van der Waals surface area contributed by atoms with Gasteiger partial charge < -0.3 is 20.3 Å². The molecule has 1 aromatic rings. The summed E-state index contributed by atoms with van der Waals surface area (Å²) in [7, 11) is 1.35. The molecule has 1 saturated carbocycles. The number of hydrogen-bond acceptors (Lipinski definition) is 4. The van der Waals surface area contributed by atoms with E-state index in [0.29, 0.717) is 18.0 Å². The molecule has 3 atom stereocenters. The molecule has 7 heteroatoms. The van der Waals surface area contributed by atoms with Gasteiger partial charge in [0.1, 0.15) is 6.04 Å². The smallest absolute Gasteiger partial charge is 0.328 e. The van der Waals surface area contributed by atoms with Gasteiger partial charge in [-0.3, -0.25) is 4.79 Å². The van der Waals surface area contributed by atoms with Gasteiger partial charge in [0, 0.05) is 11.7 Å². The molecule has 1 saturated heterocycles. The van der Waals surface area contributed by atoms with E-state index in [2.05, 4.69) is 10.6 Å². The Labute approximate surface area is 159 Å². The van der Waals surface area contributed by atoms with Gasteiger partial charge in [-0.25, -0.2) is 9.59 Å². The summed E-state index contributed by atoms with van der Waals surface area (Å²) in [6.07, 6.45) is 4.77. The molecule has 0 radical (unpaired) electrons. The Bertz CT molecular complexity index is 721. The minimum atomic E-state index is -0.544. The standard InChI is InChI=1S/C20H27N3O4/c1-13-6-5-8-15(10-13)22-20(26)21-12-18(24)23-16-9-4-3-7-14(16)11-17(23)19(25)27-2/h5-6,8,10,14,16-17H,3-4,7,9,11-12H2,1-2H3,(H2,21,22,26)/t14-,16-,17-/m0/s1. The number of hydrogen-bond donors (Lipinski definition) is 2. The van der Waals surface area contributed by atoms with E-state index in [1.54, 1.807) is 11.0 Å². The second-order valence-corrected chi connectivity index (χ2v) is 7.36. The lowest BCUT2D eigenvalue weighted by Crippen LogP contribution is -2.50. The maximum absolute atomic E-state index is 12.8. The van der Waals surface area contributed by atoms with Crippen molar-refractivity contribution in [1.82, 2.24) is 10.2 Å². The average Bonchev–Trinajstić information content (AvgIpc) is 3.05. The topological polar surface area (TPSA) is 87.7 Å². The monoisotopic (exact) mass is 373 g/mol. The molecule has 2 N–H and O–H groups in total. The van der Waals surface area contributed by atoms with Crippen molar-refractivity contribution in [3.05, 3.63) is 29.8 Å². The molecule has 0 bridgehead atoms. The van der Waals surface area contributed by atoms with Gasteiger partial charge >= 0.3 is 12.0 Å². The van der Waals surface area contributed by atoms with Gasteiger partial charge in [-0.05, 0) is 49.8 Å². The average molecular weight is 373 g/mol. The third-order valence-electron chi connectivity index (χ3n) is 5.53. The number of likely N-dealkylation sites (tertiary alicyclic amines) is 1. The number of benzene rings is 1. The number of methoxy groups -OCH3 is 1. The predicted molar refractivity (Wildman–Crippen MR) is 101 cm³/mol. The summed E-state index contributed by atoms with van der Waals surface area (Å²) < 4.78 is 4.90. The Hall–Kier alpha value is -2.57. The molecule has 1 heterocycles. The molecule has 1 aliphatic heterocycles. The summed E-state index contributed by atoms with van der Waals surface area (Å²) in [5, 5.41) is 5.32. The maximum Gasteiger partial charge on any atom is 0.328 e. The van der Waals surface area contributed by atoms with Crippen LogP contribution < -0.4 is 10.6 Å². The third-order valence-corrected chi connectivity index (χ3v) is 5.53. The van der Waals surface area contributed by atoms with Crippen LogP contribution in [-0.2, 0) is 14.3 Å². The number of aryl methyl sites for hydroxylation is 1. The van der Waals surface area contributed by atoms with Gasteiger partial charge in [0.25, 0.3) is 0 Å². The lowest BCUT2D eigenvalue weighted by atomic mass is 9.85. The summed E-state index contributed by atoms with van der Waals surface area (Å²) in [5.41, 5.74) is 1.70. The number of amides is 3. The molecule has 1 aromatic carbocycles. The van der Waals surface area contributed by atoms with Crippen molar-refractivity contribution in [2.75, 3.05) is 19.0 Å². The first-order chi connectivity index (χ1) is 13.0. The quantitative estimate of drug-likeness (QED) is 0.794. The van der Waals surface area contributed by atoms with Crippen LogP contribution >= 0.6 is 0 Å². The van der Waals surface area contributed by atoms with Crippen LogP contribution in [0.5, 0.6) is 0 Å². The second kappa shape index (κ2) is 8.41. The van der Waals surface area contributed by atoms with E-state index >= 15 is 0 Å². The SMILES string of the molecule is COC(=O)[C@@H]1C[C@@H]2CCCC[C@@H]2N1C(=O)CNC(=O)Nc1cccc(C)c1. The van der Waals surface area contributed by atoms with Gasteiger partial charge in [-0.15, -0.1) is 0 Å². The van der Waals surface area contributed by atoms with Crippen molar-refractivity contribution in [3.8, 4) is 0 Å². The normalized spacial score (nSPS) is 24.1. The molecule has 0 spiro atoms. The van der Waals surface area contributed by atoms with Gasteiger partial charge in [0.15, 0.2) is 0 Å². The number of nitrogens with zero attached hydrogens (tertiary/aromatic N) is 1. The molecule has 0 aromatic heterocycles. The van der Waals surface area contributed by atoms with Crippen LogP contribution in [0, 0.1) is 12.8 Å². The number of urea groups is 1. The number of carbonyl (C=O) groups is 3. The number of fused-ring (bicyclic) bond motifs is 1. The fourth-order valence-electron chi connectivity index (χ4n) is 4.31. The molecule has 27 heavy (non-hydrogen) atoms. The van der Waals surface area contributed by atoms with Crippen LogP contribution in [0.15, 0.2) is 24.3 Å². The minimum absolute atomic E-state index is 0.0667. The Morgan fingerprint density at radius 1 is 1.22 bits per heavy atom. The fraction of sp³-hybridized carbons (Fsp3) is 0.550. The van der Waals surface area contributed by atoms with Gasteiger partial charge in [-0.2, -0.15) is 0 Å². The van der Waals surface area contributed by atoms with Crippen LogP contribution in [0.1, 0.15) is 37.7 Å². The predicted octanol–water partition coefficient (Wildman–Crippen LogP) is 2.45. The van der Waals surface area contributed by atoms with E-state index in [1.807, 2.05) is 25.1 Å². The lowest BCUT2D eigenvalue weighted by Gasteiger charge is -2.33. The lowest BCUT2D eigenvalue weighted by molar-refractivity contribution is -0.152. The van der Waals surface area contributed by atoms with Crippen LogP contribution in [0.2, 0.25) is 0 Å². The summed E-state index contributed by atoms with van der Waals surface area (Å²) in [6, 6.07) is 6.51. The van der Waals surface area contributed by atoms with Gasteiger partial charge in [0.2, 0.25) is 5.91 Å². The van der Waals surface area contributed by atoms with E-state index in [-0.39, 0.29) is 24.5 Å². The zero-order valence-corrected chi connectivity index (χ0v) is 15.9. The van der Waals surface area contributed by atoms with Crippen LogP contribution in [0.25, 0.3) is 0 Å². The third kappa shape index (κ3) is 4.40. The number of carbonyl (C=O) groups excluding carboxylic acids is 3. The first-order valence-corrected chi connectivity index (χ1v) is 9.50. The van der Waals surface area contributed by atoms with E-state index in [9.17, 15) is 14.4 Å². The Morgan fingerprint density at radius 2 is 2.00 bits per heavy atom. The number of anilines is 1. The molecule has 3 rings (SSSR count). The summed E-state index contributed by atoms with van der Waals surface area (Å²) in [4.78, 5) is 38.8. The summed E-state index contributed by atoms with van der Waals surface area (Å²) in [5.74, 6) is -0.269. The summed E-state index contributed by atoms with van der Waals surface area (Å²) >= 11 is 0. The van der Waals surface area contributed by atoms with Crippen molar-refractivity contribution in [2.24, 2.45) is 5.92 Å². The molecular formula is C20H27N3O4. The molecule has 3 amide bonds. The van der Waals surface area contributed by atoms with E-state index in [4.69, 9.17) is 4.74 Å². The molecule has 2 fully saturated rings. The van der Waals surface area contributed by atoms with Crippen LogP contribution in [0.4, 0.5) is 10.5 Å². The molecule has 7 nitrogen and oxygen atoms in total. The zero-order chi connectivity index (χ0) is 19.4. The minimum Gasteiger partial charge on any atom is -0.467 e. The highest BCUT2D eigenvalue weighted by Crippen LogP contribution is 2.40. The Morgan fingerprint density at radius 3 is 2.74 bits per heavy atom. The van der Waals surface area contributed by atoms with Crippen molar-refractivity contribution in [1.29, 1.82) is 0 Å². The van der Waals surface area contributed by atoms with Crippen molar-refractivity contribution < 1.29 is 19.1 Å². The molecule has 146 valence electrons. The van der Waals surface area contributed by atoms with Crippen molar-refractivity contribution in [2.45, 2.75) is 51.1 Å².